The second-order valence-corrected chi connectivity index (χ2v) is 23.1. The van der Waals surface area contributed by atoms with Crippen molar-refractivity contribution in [2.75, 3.05) is 20.3 Å². The van der Waals surface area contributed by atoms with Crippen LogP contribution in [0.3, 0.4) is 0 Å². The van der Waals surface area contributed by atoms with Gasteiger partial charge in [-0.05, 0) is 34.8 Å². The largest absolute Gasteiger partial charge is 0.414 e. The molecule has 12 nitrogen and oxygen atoms in total. The van der Waals surface area contributed by atoms with E-state index in [-0.39, 0.29) is 38.1 Å². The molecule has 2 aliphatic rings. The van der Waals surface area contributed by atoms with E-state index in [4.69, 9.17) is 72.4 Å². The number of ether oxygens (including phenoxy) is 7. The van der Waals surface area contributed by atoms with E-state index in [0.717, 1.165) is 16.7 Å². The summed E-state index contributed by atoms with van der Waals surface area (Å²) < 4.78 is 49.3. The van der Waals surface area contributed by atoms with Gasteiger partial charge in [0.2, 0.25) is 0 Å². The van der Waals surface area contributed by atoms with Crippen molar-refractivity contribution in [2.45, 2.75) is 124 Å². The third kappa shape index (κ3) is 12.7. The van der Waals surface area contributed by atoms with E-state index in [1.165, 1.54) is 7.11 Å². The van der Waals surface area contributed by atoms with Gasteiger partial charge in [-0.15, -0.1) is 0 Å². The first-order valence-corrected chi connectivity index (χ1v) is 23.3. The van der Waals surface area contributed by atoms with Gasteiger partial charge in [-0.1, -0.05) is 147 Å². The van der Waals surface area contributed by atoms with Gasteiger partial charge in [0.25, 0.3) is 9.70 Å². The molecule has 1 amide bonds. The zero-order valence-electron chi connectivity index (χ0n) is 33.7. The van der Waals surface area contributed by atoms with E-state index in [1.54, 1.807) is 0 Å². The fourth-order valence-electron chi connectivity index (χ4n) is 6.37. The summed E-state index contributed by atoms with van der Waals surface area (Å²) in [6.45, 7) is 10.9. The third-order valence-corrected chi connectivity index (χ3v) is 15.8. The van der Waals surface area contributed by atoms with Crippen molar-refractivity contribution < 1.29 is 52.6 Å². The van der Waals surface area contributed by atoms with Crippen LogP contribution in [-0.4, -0.2) is 110 Å². The Labute approximate surface area is 357 Å². The minimum absolute atomic E-state index is 0.00297. The Hall–Kier alpha value is -2.18. The van der Waals surface area contributed by atoms with Gasteiger partial charge in [0.15, 0.2) is 20.9 Å². The van der Waals surface area contributed by atoms with E-state index in [1.807, 2.05) is 91.0 Å². The topological polar surface area (TPSA) is 143 Å². The second-order valence-electron chi connectivity index (χ2n) is 16.0. The molecular formula is C42H56Cl3NO11Si. The second kappa shape index (κ2) is 21.1. The number of carbonyl (C=O) groups is 1. The average molecular weight is 885 g/mol. The minimum Gasteiger partial charge on any atom is -0.414 e. The van der Waals surface area contributed by atoms with Crippen molar-refractivity contribution in [3.8, 4) is 0 Å². The summed E-state index contributed by atoms with van der Waals surface area (Å²) in [5.74, 6) is -1.06. The lowest BCUT2D eigenvalue weighted by molar-refractivity contribution is -0.356. The number of amides is 1. The van der Waals surface area contributed by atoms with Crippen molar-refractivity contribution in [2.24, 2.45) is 0 Å². The molecule has 2 saturated heterocycles. The third-order valence-electron chi connectivity index (χ3n) is 10.7. The van der Waals surface area contributed by atoms with Crippen molar-refractivity contribution in [3.63, 3.8) is 0 Å². The van der Waals surface area contributed by atoms with Gasteiger partial charge in [0, 0.05) is 7.11 Å². The van der Waals surface area contributed by atoms with Gasteiger partial charge >= 0.3 is 0 Å². The summed E-state index contributed by atoms with van der Waals surface area (Å²) in [6, 6.07) is 27.4. The number of aliphatic hydroxyl groups is 2. The highest BCUT2D eigenvalue weighted by atomic mass is 35.6. The molecule has 0 saturated carbocycles. The van der Waals surface area contributed by atoms with Gasteiger partial charge in [0.05, 0.1) is 33.0 Å². The fourth-order valence-corrected chi connectivity index (χ4v) is 7.54. The van der Waals surface area contributed by atoms with E-state index in [9.17, 15) is 15.0 Å². The van der Waals surface area contributed by atoms with Crippen LogP contribution in [0.25, 0.3) is 0 Å². The molecule has 5 rings (SSSR count). The highest BCUT2D eigenvalue weighted by molar-refractivity contribution is 6.76. The van der Waals surface area contributed by atoms with Crippen LogP contribution in [0.15, 0.2) is 91.0 Å². The first-order chi connectivity index (χ1) is 27.5. The molecule has 0 aromatic heterocycles. The van der Waals surface area contributed by atoms with Crippen LogP contribution >= 0.6 is 34.8 Å². The molecule has 58 heavy (non-hydrogen) atoms. The van der Waals surface area contributed by atoms with Crippen LogP contribution in [0, 0.1) is 0 Å². The fraction of sp³-hybridized carbons (Fsp3) is 0.548. The molecule has 2 fully saturated rings. The standard InChI is InChI=1S/C42H56Cl3NO11Si/c1-41(2,3)58(5,6)54-26-30-33(47)34(48)32(46-40(49)42(43,44)45)38(55-30)57-35-31(25-51-22-27-16-10-7-11-17-27)56-39(50-4)37(53-24-29-20-14-9-15-21-29)36(35)52-23-28-18-12-8-13-19-28/h7-21,30-39,47-48H,22-26H2,1-6H3,(H,46,49)/t30-,31-,32+,33+,34-,35-,36+,37-,38-,39+/m1/s1. The van der Waals surface area contributed by atoms with Gasteiger partial charge < -0.3 is 53.1 Å². The predicted molar refractivity (Wildman–Crippen MR) is 223 cm³/mol. The molecular weight excluding hydrogens is 829 g/mol. The lowest BCUT2D eigenvalue weighted by Crippen LogP contribution is -2.69. The first-order valence-electron chi connectivity index (χ1n) is 19.3. The first kappa shape index (κ1) is 46.9. The quantitative estimate of drug-likeness (QED) is 0.102. The highest BCUT2D eigenvalue weighted by Gasteiger charge is 2.54. The molecule has 0 radical (unpaired) electrons. The Balaban J connectivity index is 1.53. The van der Waals surface area contributed by atoms with E-state index in [2.05, 4.69) is 39.2 Å². The smallest absolute Gasteiger partial charge is 0.272 e. The molecule has 3 N–H and O–H groups in total. The summed E-state index contributed by atoms with van der Waals surface area (Å²) in [5.41, 5.74) is 2.71. The van der Waals surface area contributed by atoms with Crippen molar-refractivity contribution in [3.05, 3.63) is 108 Å². The van der Waals surface area contributed by atoms with Gasteiger partial charge in [-0.2, -0.15) is 0 Å². The Morgan fingerprint density at radius 2 is 1.21 bits per heavy atom. The maximum Gasteiger partial charge on any atom is 0.272 e. The number of nitrogens with one attached hydrogen (secondary N) is 1. The predicted octanol–water partition coefficient (Wildman–Crippen LogP) is 6.45. The molecule has 3 aromatic rings. The van der Waals surface area contributed by atoms with E-state index in [0.29, 0.717) is 0 Å². The number of alkyl halides is 3. The Kier molecular flexibility index (Phi) is 17.0. The van der Waals surface area contributed by atoms with Crippen molar-refractivity contribution in [1.82, 2.24) is 5.32 Å². The van der Waals surface area contributed by atoms with Crippen LogP contribution in [0.5, 0.6) is 0 Å². The van der Waals surface area contributed by atoms with E-state index < -0.39 is 79.4 Å². The monoisotopic (exact) mass is 883 g/mol. The SMILES string of the molecule is CO[C@H]1O[C@H](COCc2ccccc2)[C@@H](O[C@H]2O[C@H](CO[Si](C)(C)C(C)(C)C)[C@H](O)[C@H](O)[C@@H]2NC(=O)C(Cl)(Cl)Cl)[C@H](OCc2ccccc2)[C@H]1OCc1ccccc1. The van der Waals surface area contributed by atoms with Crippen LogP contribution in [0.4, 0.5) is 0 Å². The van der Waals surface area contributed by atoms with Crippen LogP contribution in [-0.2, 0) is 62.2 Å². The molecule has 0 aliphatic carbocycles. The zero-order valence-corrected chi connectivity index (χ0v) is 36.9. The number of methoxy groups -OCH3 is 1. The highest BCUT2D eigenvalue weighted by Crippen LogP contribution is 2.38. The lowest BCUT2D eigenvalue weighted by atomic mass is 9.95. The van der Waals surface area contributed by atoms with Gasteiger partial charge in [-0.3, -0.25) is 4.79 Å². The number of halogens is 3. The molecule has 16 heteroatoms. The van der Waals surface area contributed by atoms with Crippen molar-refractivity contribution >= 4 is 49.0 Å². The Morgan fingerprint density at radius 3 is 1.71 bits per heavy atom. The Morgan fingerprint density at radius 1 is 0.707 bits per heavy atom. The van der Waals surface area contributed by atoms with E-state index >= 15 is 0 Å². The number of rotatable bonds is 17. The lowest BCUT2D eigenvalue weighted by Gasteiger charge is -2.49. The Bertz CT molecular complexity index is 1690. The summed E-state index contributed by atoms with van der Waals surface area (Å²) in [4.78, 5) is 13.2. The molecule has 2 aliphatic heterocycles. The minimum atomic E-state index is -2.41. The molecule has 320 valence electrons. The summed E-state index contributed by atoms with van der Waals surface area (Å²) >= 11 is 17.9. The zero-order chi connectivity index (χ0) is 42.1. The van der Waals surface area contributed by atoms with Crippen LogP contribution in [0.2, 0.25) is 18.1 Å². The molecule has 2 heterocycles. The number of benzene rings is 3. The van der Waals surface area contributed by atoms with Gasteiger partial charge in [0.1, 0.15) is 48.8 Å². The summed E-state index contributed by atoms with van der Waals surface area (Å²) in [7, 11) is -0.850. The van der Waals surface area contributed by atoms with Crippen LogP contribution in [0.1, 0.15) is 37.5 Å². The molecule has 0 unspecified atom stereocenters. The average Bonchev–Trinajstić information content (AvgIpc) is 3.19. The summed E-state index contributed by atoms with van der Waals surface area (Å²) in [6.07, 6.45) is -10.4. The van der Waals surface area contributed by atoms with Crippen LogP contribution < -0.4 is 5.32 Å². The maximum absolute atomic E-state index is 13.2. The molecule has 10 atom stereocenters. The molecule has 3 aromatic carbocycles. The molecule has 0 spiro atoms. The summed E-state index contributed by atoms with van der Waals surface area (Å²) in [5, 5.41) is 25.5. The number of hydrogen-bond donors (Lipinski definition) is 3. The van der Waals surface area contributed by atoms with Gasteiger partial charge in [-0.25, -0.2) is 0 Å². The number of carbonyl (C=O) groups excluding carboxylic acids is 1. The maximum atomic E-state index is 13.2. The number of aliphatic hydroxyl groups excluding tert-OH is 2. The molecule has 0 bridgehead atoms. The van der Waals surface area contributed by atoms with Crippen molar-refractivity contribution in [1.29, 1.82) is 0 Å². The normalized spacial score (nSPS) is 28.3. The number of hydrogen-bond acceptors (Lipinski definition) is 11.